The highest BCUT2D eigenvalue weighted by Crippen LogP contribution is 2.12. The average molecular weight is 173 g/mol. The minimum Gasteiger partial charge on any atom is -0.323 e. The summed E-state index contributed by atoms with van der Waals surface area (Å²) in [5.74, 6) is 0. The van der Waals surface area contributed by atoms with Gasteiger partial charge in [-0.2, -0.15) is 0 Å². The standard InChI is InChI=1S/C10H11N3/c1-7(11)9-5-4-8-3-2-6-12-10(8)13-9/h2-7H,11H2,1H3/t7-/m0/s1. The van der Waals surface area contributed by atoms with E-state index in [0.29, 0.717) is 0 Å². The van der Waals surface area contributed by atoms with Crippen LogP contribution in [0.3, 0.4) is 0 Å². The third-order valence-corrected chi connectivity index (χ3v) is 1.95. The highest BCUT2D eigenvalue weighted by molar-refractivity contribution is 5.74. The molecule has 0 aliphatic carbocycles. The molecule has 3 heteroatoms. The molecule has 0 saturated heterocycles. The van der Waals surface area contributed by atoms with Crippen LogP contribution in [0, 0.1) is 0 Å². The summed E-state index contributed by atoms with van der Waals surface area (Å²) >= 11 is 0. The zero-order chi connectivity index (χ0) is 9.26. The SMILES string of the molecule is C[C@H](N)c1ccc2cccnc2n1. The van der Waals surface area contributed by atoms with Gasteiger partial charge in [-0.3, -0.25) is 0 Å². The summed E-state index contributed by atoms with van der Waals surface area (Å²) in [6.45, 7) is 1.91. The summed E-state index contributed by atoms with van der Waals surface area (Å²) in [5, 5.41) is 1.05. The molecule has 0 spiro atoms. The smallest absolute Gasteiger partial charge is 0.159 e. The van der Waals surface area contributed by atoms with Crippen molar-refractivity contribution < 1.29 is 0 Å². The van der Waals surface area contributed by atoms with Gasteiger partial charge in [-0.1, -0.05) is 0 Å². The zero-order valence-electron chi connectivity index (χ0n) is 7.44. The summed E-state index contributed by atoms with van der Waals surface area (Å²) in [6, 6.07) is 7.78. The summed E-state index contributed by atoms with van der Waals surface area (Å²) in [4.78, 5) is 8.50. The van der Waals surface area contributed by atoms with E-state index in [1.54, 1.807) is 6.20 Å². The predicted octanol–water partition coefficient (Wildman–Crippen LogP) is 1.65. The number of pyridine rings is 2. The van der Waals surface area contributed by atoms with Gasteiger partial charge in [0.05, 0.1) is 5.69 Å². The summed E-state index contributed by atoms with van der Waals surface area (Å²) in [6.07, 6.45) is 1.74. The van der Waals surface area contributed by atoms with Gasteiger partial charge in [-0.25, -0.2) is 9.97 Å². The Labute approximate surface area is 76.6 Å². The van der Waals surface area contributed by atoms with E-state index in [0.717, 1.165) is 16.7 Å². The van der Waals surface area contributed by atoms with Gasteiger partial charge in [0, 0.05) is 17.6 Å². The maximum Gasteiger partial charge on any atom is 0.159 e. The van der Waals surface area contributed by atoms with Crippen LogP contribution < -0.4 is 5.73 Å². The van der Waals surface area contributed by atoms with E-state index in [9.17, 15) is 0 Å². The van der Waals surface area contributed by atoms with E-state index in [4.69, 9.17) is 5.73 Å². The Morgan fingerprint density at radius 2 is 2.15 bits per heavy atom. The van der Waals surface area contributed by atoms with Crippen LogP contribution in [-0.4, -0.2) is 9.97 Å². The second-order valence-electron chi connectivity index (χ2n) is 3.07. The van der Waals surface area contributed by atoms with Gasteiger partial charge in [0.15, 0.2) is 5.65 Å². The maximum absolute atomic E-state index is 5.71. The molecule has 2 N–H and O–H groups in total. The first-order valence-corrected chi connectivity index (χ1v) is 4.24. The van der Waals surface area contributed by atoms with Crippen molar-refractivity contribution in [1.29, 1.82) is 0 Å². The fourth-order valence-corrected chi connectivity index (χ4v) is 1.22. The quantitative estimate of drug-likeness (QED) is 0.713. The summed E-state index contributed by atoms with van der Waals surface area (Å²) < 4.78 is 0. The molecule has 66 valence electrons. The van der Waals surface area contributed by atoms with Crippen LogP contribution in [0.15, 0.2) is 30.5 Å². The van der Waals surface area contributed by atoms with Crippen LogP contribution in [-0.2, 0) is 0 Å². The van der Waals surface area contributed by atoms with Gasteiger partial charge in [-0.15, -0.1) is 0 Å². The Hall–Kier alpha value is -1.48. The molecule has 2 heterocycles. The lowest BCUT2D eigenvalue weighted by atomic mass is 10.2. The fourth-order valence-electron chi connectivity index (χ4n) is 1.22. The highest BCUT2D eigenvalue weighted by atomic mass is 14.9. The van der Waals surface area contributed by atoms with E-state index in [2.05, 4.69) is 9.97 Å². The number of fused-ring (bicyclic) bond motifs is 1. The molecule has 2 aromatic heterocycles. The van der Waals surface area contributed by atoms with E-state index >= 15 is 0 Å². The van der Waals surface area contributed by atoms with Gasteiger partial charge in [0.1, 0.15) is 0 Å². The van der Waals surface area contributed by atoms with Gasteiger partial charge < -0.3 is 5.73 Å². The molecular weight excluding hydrogens is 162 g/mol. The minimum absolute atomic E-state index is 0.0357. The Morgan fingerprint density at radius 1 is 1.31 bits per heavy atom. The molecule has 0 unspecified atom stereocenters. The Kier molecular flexibility index (Phi) is 1.94. The molecule has 0 aliphatic rings. The molecule has 0 amide bonds. The number of rotatable bonds is 1. The van der Waals surface area contributed by atoms with Gasteiger partial charge in [0.2, 0.25) is 0 Å². The molecule has 2 rings (SSSR count). The summed E-state index contributed by atoms with van der Waals surface area (Å²) in [7, 11) is 0. The molecular formula is C10H11N3. The van der Waals surface area contributed by atoms with Crippen molar-refractivity contribution >= 4 is 11.0 Å². The molecule has 0 radical (unpaired) electrons. The number of nitrogens with zero attached hydrogens (tertiary/aromatic N) is 2. The van der Waals surface area contributed by atoms with Crippen molar-refractivity contribution in [3.8, 4) is 0 Å². The van der Waals surface area contributed by atoms with Crippen molar-refractivity contribution in [2.75, 3.05) is 0 Å². The Balaban J connectivity index is 2.62. The molecule has 0 saturated carbocycles. The molecule has 0 fully saturated rings. The van der Waals surface area contributed by atoms with Crippen LogP contribution in [0.5, 0.6) is 0 Å². The molecule has 3 nitrogen and oxygen atoms in total. The van der Waals surface area contributed by atoms with Crippen molar-refractivity contribution in [2.24, 2.45) is 5.73 Å². The number of hydrogen-bond acceptors (Lipinski definition) is 3. The van der Waals surface area contributed by atoms with Crippen molar-refractivity contribution in [1.82, 2.24) is 9.97 Å². The summed E-state index contributed by atoms with van der Waals surface area (Å²) in [5.41, 5.74) is 7.36. The van der Waals surface area contributed by atoms with Crippen LogP contribution >= 0.6 is 0 Å². The largest absolute Gasteiger partial charge is 0.323 e. The van der Waals surface area contributed by atoms with Crippen LogP contribution in [0.25, 0.3) is 11.0 Å². The molecule has 0 aromatic carbocycles. The van der Waals surface area contributed by atoms with Crippen LogP contribution in [0.2, 0.25) is 0 Å². The third kappa shape index (κ3) is 1.51. The van der Waals surface area contributed by atoms with Crippen molar-refractivity contribution in [3.63, 3.8) is 0 Å². The lowest BCUT2D eigenvalue weighted by Crippen LogP contribution is -2.07. The Morgan fingerprint density at radius 3 is 2.92 bits per heavy atom. The normalized spacial score (nSPS) is 13.1. The first-order valence-electron chi connectivity index (χ1n) is 4.24. The fraction of sp³-hybridized carbons (Fsp3) is 0.200. The molecule has 2 aromatic rings. The second-order valence-corrected chi connectivity index (χ2v) is 3.07. The van der Waals surface area contributed by atoms with Gasteiger partial charge >= 0.3 is 0 Å². The number of nitrogens with two attached hydrogens (primary N) is 1. The second kappa shape index (κ2) is 3.11. The highest BCUT2D eigenvalue weighted by Gasteiger charge is 2.01. The van der Waals surface area contributed by atoms with Crippen molar-refractivity contribution in [2.45, 2.75) is 13.0 Å². The zero-order valence-corrected chi connectivity index (χ0v) is 7.44. The molecule has 0 bridgehead atoms. The van der Waals surface area contributed by atoms with E-state index in [1.807, 2.05) is 31.2 Å². The number of hydrogen-bond donors (Lipinski definition) is 1. The lowest BCUT2D eigenvalue weighted by molar-refractivity contribution is 0.785. The van der Waals surface area contributed by atoms with Crippen LogP contribution in [0.4, 0.5) is 0 Å². The van der Waals surface area contributed by atoms with Gasteiger partial charge in [-0.05, 0) is 31.2 Å². The monoisotopic (exact) mass is 173 g/mol. The number of aromatic nitrogens is 2. The predicted molar refractivity (Wildman–Crippen MR) is 52.1 cm³/mol. The van der Waals surface area contributed by atoms with E-state index < -0.39 is 0 Å². The minimum atomic E-state index is -0.0357. The lowest BCUT2D eigenvalue weighted by Gasteiger charge is -2.04. The molecule has 1 atom stereocenters. The van der Waals surface area contributed by atoms with Crippen molar-refractivity contribution in [3.05, 3.63) is 36.2 Å². The first-order chi connectivity index (χ1) is 6.27. The maximum atomic E-state index is 5.71. The average Bonchev–Trinajstić information content (AvgIpc) is 2.17. The van der Waals surface area contributed by atoms with E-state index in [-0.39, 0.29) is 6.04 Å². The topological polar surface area (TPSA) is 51.8 Å². The van der Waals surface area contributed by atoms with Crippen LogP contribution in [0.1, 0.15) is 18.7 Å². The Bertz CT molecular complexity index is 423. The first kappa shape index (κ1) is 8.13. The van der Waals surface area contributed by atoms with E-state index in [1.165, 1.54) is 0 Å². The third-order valence-electron chi connectivity index (χ3n) is 1.95. The molecule has 0 aliphatic heterocycles. The van der Waals surface area contributed by atoms with Gasteiger partial charge in [0.25, 0.3) is 0 Å². The molecule has 13 heavy (non-hydrogen) atoms.